The number of allylic oxidation sites excluding steroid dienone is 8. The zero-order chi connectivity index (χ0) is 40.0. The van der Waals surface area contributed by atoms with Crippen molar-refractivity contribution in [1.29, 1.82) is 0 Å². The topological polar surface area (TPSA) is 108 Å². The highest BCUT2D eigenvalue weighted by molar-refractivity contribution is 7.47. The molecular formula is C44H81NO8P+. The summed E-state index contributed by atoms with van der Waals surface area (Å²) in [6.07, 6.45) is 41.5. The number of nitrogens with zero attached hydrogens (tertiary/aromatic N) is 1. The van der Waals surface area contributed by atoms with E-state index in [1.807, 2.05) is 21.1 Å². The van der Waals surface area contributed by atoms with Crippen LogP contribution in [0.15, 0.2) is 48.6 Å². The lowest BCUT2D eigenvalue weighted by Crippen LogP contribution is -2.37. The Balaban J connectivity index is 4.46. The largest absolute Gasteiger partial charge is 0.472 e. The Hall–Kier alpha value is -2.03. The predicted octanol–water partition coefficient (Wildman–Crippen LogP) is 11.9. The van der Waals surface area contributed by atoms with Gasteiger partial charge < -0.3 is 18.9 Å². The quantitative estimate of drug-likeness (QED) is 0.0217. The van der Waals surface area contributed by atoms with Gasteiger partial charge in [0.1, 0.15) is 19.8 Å². The minimum atomic E-state index is -4.38. The van der Waals surface area contributed by atoms with Crippen molar-refractivity contribution in [2.45, 2.75) is 174 Å². The molecule has 0 fully saturated rings. The van der Waals surface area contributed by atoms with Crippen LogP contribution >= 0.6 is 7.82 Å². The lowest BCUT2D eigenvalue weighted by atomic mass is 10.1. The number of carbonyl (C=O) groups excluding carboxylic acids is 2. The summed E-state index contributed by atoms with van der Waals surface area (Å²) < 4.78 is 34.2. The van der Waals surface area contributed by atoms with Crippen LogP contribution in [-0.4, -0.2) is 74.9 Å². The van der Waals surface area contributed by atoms with E-state index in [1.165, 1.54) is 64.2 Å². The number of phosphoric acid groups is 1. The molecule has 1 unspecified atom stereocenters. The molecule has 0 aliphatic heterocycles. The fourth-order valence-corrected chi connectivity index (χ4v) is 6.17. The van der Waals surface area contributed by atoms with Crippen LogP contribution in [0.2, 0.25) is 0 Å². The van der Waals surface area contributed by atoms with E-state index in [0.29, 0.717) is 23.9 Å². The second-order valence-corrected chi connectivity index (χ2v) is 16.8. The smallest absolute Gasteiger partial charge is 0.462 e. The Labute approximate surface area is 331 Å². The number of esters is 2. The first-order valence-electron chi connectivity index (χ1n) is 21.4. The van der Waals surface area contributed by atoms with Crippen molar-refractivity contribution in [3.05, 3.63) is 48.6 Å². The van der Waals surface area contributed by atoms with Gasteiger partial charge in [-0.15, -0.1) is 0 Å². The first kappa shape index (κ1) is 52.0. The van der Waals surface area contributed by atoms with Gasteiger partial charge in [0, 0.05) is 12.8 Å². The zero-order valence-electron chi connectivity index (χ0n) is 35.2. The molecule has 0 radical (unpaired) electrons. The molecule has 1 N–H and O–H groups in total. The number of unbranched alkanes of at least 4 members (excludes halogenated alkanes) is 16. The molecule has 0 saturated carbocycles. The van der Waals surface area contributed by atoms with Gasteiger partial charge in [0.05, 0.1) is 27.7 Å². The van der Waals surface area contributed by atoms with Crippen molar-refractivity contribution in [2.75, 3.05) is 47.5 Å². The highest BCUT2D eigenvalue weighted by atomic mass is 31.2. The molecule has 10 heteroatoms. The molecule has 0 rings (SSSR count). The summed E-state index contributed by atoms with van der Waals surface area (Å²) in [6.45, 7) is 4.33. The number of hydrogen-bond donors (Lipinski definition) is 1. The molecule has 0 aromatic heterocycles. The van der Waals surface area contributed by atoms with Gasteiger partial charge in [-0.05, 0) is 77.0 Å². The summed E-state index contributed by atoms with van der Waals surface area (Å²) in [5, 5.41) is 0. The predicted molar refractivity (Wildman–Crippen MR) is 224 cm³/mol. The Bertz CT molecular complexity index is 1070. The third-order valence-corrected chi connectivity index (χ3v) is 9.82. The minimum absolute atomic E-state index is 0.0234. The highest BCUT2D eigenvalue weighted by Gasteiger charge is 2.27. The Morgan fingerprint density at radius 3 is 1.56 bits per heavy atom. The summed E-state index contributed by atoms with van der Waals surface area (Å²) in [6, 6.07) is 0. The van der Waals surface area contributed by atoms with E-state index in [1.54, 1.807) is 0 Å². The molecular weight excluding hydrogens is 701 g/mol. The van der Waals surface area contributed by atoms with Crippen LogP contribution in [0, 0.1) is 0 Å². The number of quaternary nitrogens is 1. The Morgan fingerprint density at radius 2 is 1.00 bits per heavy atom. The van der Waals surface area contributed by atoms with Gasteiger partial charge in [-0.3, -0.25) is 18.6 Å². The second kappa shape index (κ2) is 36.6. The fourth-order valence-electron chi connectivity index (χ4n) is 5.43. The van der Waals surface area contributed by atoms with E-state index in [2.05, 4.69) is 62.5 Å². The molecule has 0 aromatic rings. The van der Waals surface area contributed by atoms with Gasteiger partial charge in [-0.25, -0.2) is 4.57 Å². The van der Waals surface area contributed by atoms with Crippen molar-refractivity contribution >= 4 is 19.8 Å². The van der Waals surface area contributed by atoms with Crippen LogP contribution in [0.3, 0.4) is 0 Å². The summed E-state index contributed by atoms with van der Waals surface area (Å²) in [4.78, 5) is 35.3. The van der Waals surface area contributed by atoms with E-state index in [9.17, 15) is 19.0 Å². The SMILES string of the molecule is CCCCC/C=C/C/C=C/C/C=C/CCCCCCC(=O)O[C@H](COC(=O)CCCCC/C=C/CCCCCCCC)COP(=O)(O)OCC[N+](C)(C)C. The van der Waals surface area contributed by atoms with Crippen molar-refractivity contribution in [2.24, 2.45) is 0 Å². The molecule has 9 nitrogen and oxygen atoms in total. The standard InChI is InChI=1S/C44H80NO8P/c1-6-8-10-12-14-16-18-20-21-22-23-25-27-29-31-33-35-37-44(47)53-42(41-52-54(48,49)51-39-38-45(3,4)5)40-50-43(46)36-34-32-30-28-26-24-19-17-15-13-11-9-7-2/h14,16,20-21,23-26,42H,6-13,15,17-19,22,27-41H2,1-5H3/p+1/b16-14+,21-20+,25-23+,26-24+/t42-/m1/s1. The Kier molecular flexibility index (Phi) is 35.2. The first-order chi connectivity index (χ1) is 26.0. The maximum atomic E-state index is 12.7. The average molecular weight is 783 g/mol. The summed E-state index contributed by atoms with van der Waals surface area (Å²) >= 11 is 0. The molecule has 314 valence electrons. The van der Waals surface area contributed by atoms with Crippen LogP contribution in [0.1, 0.15) is 168 Å². The maximum absolute atomic E-state index is 12.7. The van der Waals surface area contributed by atoms with Crippen molar-refractivity contribution in [3.63, 3.8) is 0 Å². The maximum Gasteiger partial charge on any atom is 0.472 e. The lowest BCUT2D eigenvalue weighted by Gasteiger charge is -2.24. The molecule has 0 heterocycles. The van der Waals surface area contributed by atoms with Gasteiger partial charge in [-0.2, -0.15) is 0 Å². The van der Waals surface area contributed by atoms with Crippen LogP contribution < -0.4 is 0 Å². The molecule has 0 saturated heterocycles. The van der Waals surface area contributed by atoms with Gasteiger partial charge in [0.15, 0.2) is 6.10 Å². The van der Waals surface area contributed by atoms with E-state index in [4.69, 9.17) is 18.5 Å². The van der Waals surface area contributed by atoms with Gasteiger partial charge in [0.25, 0.3) is 0 Å². The normalized spacial score (nSPS) is 14.1. The van der Waals surface area contributed by atoms with Crippen molar-refractivity contribution in [3.8, 4) is 0 Å². The Morgan fingerprint density at radius 1 is 0.574 bits per heavy atom. The summed E-state index contributed by atoms with van der Waals surface area (Å²) in [5.41, 5.74) is 0. The molecule has 0 bridgehead atoms. The van der Waals surface area contributed by atoms with E-state index in [-0.39, 0.29) is 26.1 Å². The van der Waals surface area contributed by atoms with E-state index < -0.39 is 32.5 Å². The summed E-state index contributed by atoms with van der Waals surface area (Å²) in [5.74, 6) is -0.846. The minimum Gasteiger partial charge on any atom is -0.462 e. The fraction of sp³-hybridized carbons (Fsp3) is 0.773. The summed E-state index contributed by atoms with van der Waals surface area (Å²) in [7, 11) is 1.45. The molecule has 0 aliphatic carbocycles. The van der Waals surface area contributed by atoms with Crippen LogP contribution in [0.5, 0.6) is 0 Å². The number of likely N-dealkylation sites (N-methyl/N-ethyl adjacent to an activating group) is 1. The van der Waals surface area contributed by atoms with Crippen molar-refractivity contribution in [1.82, 2.24) is 0 Å². The number of rotatable bonds is 38. The van der Waals surface area contributed by atoms with E-state index >= 15 is 0 Å². The van der Waals surface area contributed by atoms with Gasteiger partial charge in [0.2, 0.25) is 0 Å². The second-order valence-electron chi connectivity index (χ2n) is 15.4. The van der Waals surface area contributed by atoms with Crippen LogP contribution in [0.25, 0.3) is 0 Å². The van der Waals surface area contributed by atoms with Crippen LogP contribution in [0.4, 0.5) is 0 Å². The van der Waals surface area contributed by atoms with Crippen LogP contribution in [-0.2, 0) is 32.7 Å². The van der Waals surface area contributed by atoms with Crippen molar-refractivity contribution < 1.29 is 42.1 Å². The molecule has 0 spiro atoms. The first-order valence-corrected chi connectivity index (χ1v) is 22.9. The molecule has 54 heavy (non-hydrogen) atoms. The zero-order valence-corrected chi connectivity index (χ0v) is 36.1. The third kappa shape index (κ3) is 39.7. The number of hydrogen-bond acceptors (Lipinski definition) is 7. The van der Waals surface area contributed by atoms with E-state index in [0.717, 1.165) is 64.2 Å². The van der Waals surface area contributed by atoms with Gasteiger partial charge in [-0.1, -0.05) is 127 Å². The number of phosphoric ester groups is 1. The van der Waals surface area contributed by atoms with Gasteiger partial charge >= 0.3 is 19.8 Å². The lowest BCUT2D eigenvalue weighted by molar-refractivity contribution is -0.870. The third-order valence-electron chi connectivity index (χ3n) is 8.83. The highest BCUT2D eigenvalue weighted by Crippen LogP contribution is 2.43. The average Bonchev–Trinajstić information content (AvgIpc) is 3.12. The molecule has 0 aromatic carbocycles. The molecule has 0 amide bonds. The number of carbonyl (C=O) groups is 2. The monoisotopic (exact) mass is 783 g/mol. The number of ether oxygens (including phenoxy) is 2. The molecule has 0 aliphatic rings. The molecule has 2 atom stereocenters.